The number of nitrogens with zero attached hydrogens (tertiary/aromatic N) is 1. The molecule has 2 N–H and O–H groups in total. The molecular weight excluding hydrogens is 288 g/mol. The standard InChI is InChI=1S/C15H25BrN2/c1-4-5-6-9-18(12(2)3)11-13-7-8-14(16)15(17)10-13/h7-8,10,12H,4-6,9,11,17H2,1-3H3. The molecular formula is C15H25BrN2. The molecule has 18 heavy (non-hydrogen) atoms. The second-order valence-electron chi connectivity index (χ2n) is 5.13. The van der Waals surface area contributed by atoms with Gasteiger partial charge in [-0.25, -0.2) is 0 Å². The van der Waals surface area contributed by atoms with Crippen LogP contribution in [0.4, 0.5) is 5.69 Å². The van der Waals surface area contributed by atoms with E-state index in [1.54, 1.807) is 0 Å². The topological polar surface area (TPSA) is 29.3 Å². The van der Waals surface area contributed by atoms with Crippen LogP contribution in [0.25, 0.3) is 0 Å². The number of rotatable bonds is 7. The van der Waals surface area contributed by atoms with Gasteiger partial charge >= 0.3 is 0 Å². The van der Waals surface area contributed by atoms with Crippen LogP contribution in [0.3, 0.4) is 0 Å². The molecule has 0 amide bonds. The lowest BCUT2D eigenvalue weighted by Gasteiger charge is -2.26. The normalized spacial score (nSPS) is 11.4. The minimum Gasteiger partial charge on any atom is -0.398 e. The molecule has 0 aliphatic heterocycles. The number of hydrogen-bond acceptors (Lipinski definition) is 2. The van der Waals surface area contributed by atoms with Crippen LogP contribution in [-0.2, 0) is 6.54 Å². The predicted molar refractivity (Wildman–Crippen MR) is 83.6 cm³/mol. The minimum atomic E-state index is 0.576. The molecule has 0 aromatic heterocycles. The largest absolute Gasteiger partial charge is 0.398 e. The fourth-order valence-corrected chi connectivity index (χ4v) is 2.26. The summed E-state index contributed by atoms with van der Waals surface area (Å²) < 4.78 is 0.980. The molecule has 1 aromatic rings. The van der Waals surface area contributed by atoms with Crippen LogP contribution in [0.1, 0.15) is 45.6 Å². The molecule has 102 valence electrons. The number of nitrogen functional groups attached to an aromatic ring is 1. The fourth-order valence-electron chi connectivity index (χ4n) is 2.01. The van der Waals surface area contributed by atoms with Crippen molar-refractivity contribution in [2.75, 3.05) is 12.3 Å². The van der Waals surface area contributed by atoms with Crippen LogP contribution in [0.15, 0.2) is 22.7 Å². The molecule has 0 saturated carbocycles. The molecule has 1 rings (SSSR count). The van der Waals surface area contributed by atoms with E-state index in [2.05, 4.69) is 53.7 Å². The highest BCUT2D eigenvalue weighted by atomic mass is 79.9. The summed E-state index contributed by atoms with van der Waals surface area (Å²) in [7, 11) is 0. The lowest BCUT2D eigenvalue weighted by molar-refractivity contribution is 0.208. The van der Waals surface area contributed by atoms with E-state index < -0.39 is 0 Å². The van der Waals surface area contributed by atoms with Gasteiger partial charge in [0.25, 0.3) is 0 Å². The Balaban J connectivity index is 2.61. The molecule has 2 nitrogen and oxygen atoms in total. The first-order valence-corrected chi connectivity index (χ1v) is 7.61. The van der Waals surface area contributed by atoms with Crippen molar-refractivity contribution >= 4 is 21.6 Å². The molecule has 1 aromatic carbocycles. The van der Waals surface area contributed by atoms with Crippen molar-refractivity contribution in [2.45, 2.75) is 52.6 Å². The summed E-state index contributed by atoms with van der Waals surface area (Å²) in [5.74, 6) is 0. The summed E-state index contributed by atoms with van der Waals surface area (Å²) in [5.41, 5.74) is 8.05. The van der Waals surface area contributed by atoms with Crippen molar-refractivity contribution in [3.8, 4) is 0 Å². The van der Waals surface area contributed by atoms with Crippen LogP contribution in [0.5, 0.6) is 0 Å². The van der Waals surface area contributed by atoms with Crippen LogP contribution in [-0.4, -0.2) is 17.5 Å². The third-order valence-electron chi connectivity index (χ3n) is 3.23. The van der Waals surface area contributed by atoms with E-state index in [0.29, 0.717) is 6.04 Å². The Morgan fingerprint density at radius 2 is 2.00 bits per heavy atom. The summed E-state index contributed by atoms with van der Waals surface area (Å²) in [6.07, 6.45) is 3.86. The lowest BCUT2D eigenvalue weighted by atomic mass is 10.1. The number of benzene rings is 1. The Bertz CT molecular complexity index is 364. The maximum atomic E-state index is 5.93. The van der Waals surface area contributed by atoms with E-state index in [-0.39, 0.29) is 0 Å². The van der Waals surface area contributed by atoms with E-state index in [9.17, 15) is 0 Å². The van der Waals surface area contributed by atoms with Crippen LogP contribution in [0.2, 0.25) is 0 Å². The molecule has 0 heterocycles. The van der Waals surface area contributed by atoms with E-state index in [1.165, 1.54) is 31.4 Å². The van der Waals surface area contributed by atoms with Crippen molar-refractivity contribution in [3.63, 3.8) is 0 Å². The summed E-state index contributed by atoms with van der Waals surface area (Å²) >= 11 is 3.44. The van der Waals surface area contributed by atoms with Gasteiger partial charge in [0.15, 0.2) is 0 Å². The highest BCUT2D eigenvalue weighted by Gasteiger charge is 2.10. The first-order chi connectivity index (χ1) is 8.54. The van der Waals surface area contributed by atoms with Gasteiger partial charge in [-0.15, -0.1) is 0 Å². The average molecular weight is 313 g/mol. The molecule has 0 radical (unpaired) electrons. The average Bonchev–Trinajstić information content (AvgIpc) is 2.32. The Morgan fingerprint density at radius 3 is 2.56 bits per heavy atom. The predicted octanol–water partition coefficient (Wildman–Crippen LogP) is 4.43. The van der Waals surface area contributed by atoms with Gasteiger partial charge in [-0.3, -0.25) is 4.90 Å². The van der Waals surface area contributed by atoms with E-state index in [0.717, 1.165) is 16.7 Å². The van der Waals surface area contributed by atoms with E-state index >= 15 is 0 Å². The molecule has 0 atom stereocenters. The smallest absolute Gasteiger partial charge is 0.0461 e. The Kier molecular flexibility index (Phi) is 6.72. The van der Waals surface area contributed by atoms with E-state index in [4.69, 9.17) is 5.73 Å². The number of nitrogens with two attached hydrogens (primary N) is 1. The van der Waals surface area contributed by atoms with Crippen molar-refractivity contribution in [1.82, 2.24) is 4.90 Å². The van der Waals surface area contributed by atoms with Crippen molar-refractivity contribution < 1.29 is 0 Å². The third-order valence-corrected chi connectivity index (χ3v) is 3.95. The summed E-state index contributed by atoms with van der Waals surface area (Å²) in [5, 5.41) is 0. The number of unbranched alkanes of at least 4 members (excludes halogenated alkanes) is 2. The van der Waals surface area contributed by atoms with Crippen molar-refractivity contribution in [1.29, 1.82) is 0 Å². The SMILES string of the molecule is CCCCCN(Cc1ccc(Br)c(N)c1)C(C)C. The van der Waals surface area contributed by atoms with Gasteiger partial charge in [-0.1, -0.05) is 25.8 Å². The molecule has 0 spiro atoms. The van der Waals surface area contributed by atoms with Gasteiger partial charge in [0, 0.05) is 22.7 Å². The summed E-state index contributed by atoms with van der Waals surface area (Å²) in [4.78, 5) is 2.51. The zero-order valence-electron chi connectivity index (χ0n) is 11.7. The molecule has 0 unspecified atom stereocenters. The fraction of sp³-hybridized carbons (Fsp3) is 0.600. The maximum Gasteiger partial charge on any atom is 0.0461 e. The maximum absolute atomic E-state index is 5.93. The lowest BCUT2D eigenvalue weighted by Crippen LogP contribution is -2.31. The first kappa shape index (κ1) is 15.5. The van der Waals surface area contributed by atoms with Gasteiger partial charge in [0.1, 0.15) is 0 Å². The van der Waals surface area contributed by atoms with Gasteiger partial charge in [0.2, 0.25) is 0 Å². The molecule has 3 heteroatoms. The number of anilines is 1. The minimum absolute atomic E-state index is 0.576. The molecule has 0 aliphatic rings. The molecule has 0 fully saturated rings. The molecule has 0 aliphatic carbocycles. The Hall–Kier alpha value is -0.540. The van der Waals surface area contributed by atoms with Crippen LogP contribution < -0.4 is 5.73 Å². The molecule has 0 bridgehead atoms. The van der Waals surface area contributed by atoms with E-state index in [1.807, 2.05) is 6.07 Å². The highest BCUT2D eigenvalue weighted by Crippen LogP contribution is 2.21. The van der Waals surface area contributed by atoms with Gasteiger partial charge in [0.05, 0.1) is 0 Å². The first-order valence-electron chi connectivity index (χ1n) is 6.82. The van der Waals surface area contributed by atoms with Gasteiger partial charge < -0.3 is 5.73 Å². The van der Waals surface area contributed by atoms with Crippen LogP contribution >= 0.6 is 15.9 Å². The monoisotopic (exact) mass is 312 g/mol. The number of halogens is 1. The number of hydrogen-bond donors (Lipinski definition) is 1. The van der Waals surface area contributed by atoms with Crippen molar-refractivity contribution in [3.05, 3.63) is 28.2 Å². The molecule has 0 saturated heterocycles. The summed E-state index contributed by atoms with van der Waals surface area (Å²) in [6.45, 7) is 8.91. The summed E-state index contributed by atoms with van der Waals surface area (Å²) in [6, 6.07) is 6.83. The third kappa shape index (κ3) is 4.99. The highest BCUT2D eigenvalue weighted by molar-refractivity contribution is 9.10. The zero-order chi connectivity index (χ0) is 13.5. The van der Waals surface area contributed by atoms with Crippen molar-refractivity contribution in [2.24, 2.45) is 0 Å². The second kappa shape index (κ2) is 7.80. The quantitative estimate of drug-likeness (QED) is 0.596. The zero-order valence-corrected chi connectivity index (χ0v) is 13.3. The Labute approximate surface area is 120 Å². The second-order valence-corrected chi connectivity index (χ2v) is 5.98. The van der Waals surface area contributed by atoms with Gasteiger partial charge in [-0.2, -0.15) is 0 Å². The Morgan fingerprint density at radius 1 is 1.28 bits per heavy atom. The van der Waals surface area contributed by atoms with Crippen LogP contribution in [0, 0.1) is 0 Å². The van der Waals surface area contributed by atoms with Gasteiger partial charge in [-0.05, 0) is 60.4 Å².